The lowest BCUT2D eigenvalue weighted by Gasteiger charge is -2.21. The second-order valence-corrected chi connectivity index (χ2v) is 33.6. The maximum atomic E-state index is 13.1. The molecule has 0 radical (unpaired) electrons. The van der Waals surface area contributed by atoms with E-state index < -0.39 is 97.5 Å². The monoisotopic (exact) mass is 1510 g/mol. The van der Waals surface area contributed by atoms with Gasteiger partial charge in [-0.3, -0.25) is 37.3 Å². The fourth-order valence-corrected chi connectivity index (χ4v) is 14.7. The number of unbranched alkanes of at least 4 members (excludes halogenated alkanes) is 56. The fourth-order valence-electron chi connectivity index (χ4n) is 13.1. The summed E-state index contributed by atoms with van der Waals surface area (Å²) in [6.45, 7) is 7.39. The molecule has 0 aliphatic carbocycles. The van der Waals surface area contributed by atoms with Crippen LogP contribution in [-0.4, -0.2) is 96.7 Å². The van der Waals surface area contributed by atoms with Gasteiger partial charge in [-0.2, -0.15) is 0 Å². The van der Waals surface area contributed by atoms with Crippen molar-refractivity contribution < 1.29 is 80.2 Å². The molecule has 17 nitrogen and oxygen atoms in total. The van der Waals surface area contributed by atoms with Crippen LogP contribution in [0.4, 0.5) is 0 Å². The average molecular weight is 1510 g/mol. The molecule has 19 heteroatoms. The van der Waals surface area contributed by atoms with Crippen LogP contribution in [-0.2, 0) is 65.4 Å². The second kappa shape index (κ2) is 76.8. The standard InChI is InChI=1S/C84H164O17P2/c1-6-9-12-15-18-21-24-27-29-30-34-39-43-48-53-58-63-68-82(87)95-74-80(101-84(89)70-65-60-55-50-45-40-35-32-31-33-37-41-46-51-56-61-66-77(4)5)76-99-103(92,93)97-72-78(85)71-96-102(90,91)98-75-79(73-94-81(86)67-62-57-52-47-42-36-26-23-20-17-14-11-8-3)100-83(88)69-64-59-54-49-44-38-28-25-22-19-16-13-10-7-2/h77-80,85H,6-76H2,1-5H3,(H,90,91)(H,92,93)/t78-,79+,80+/m0/s1. The molecule has 0 spiro atoms. The van der Waals surface area contributed by atoms with E-state index in [-0.39, 0.29) is 25.7 Å². The Bertz CT molecular complexity index is 1960. The number of hydrogen-bond acceptors (Lipinski definition) is 15. The topological polar surface area (TPSA) is 237 Å². The molecule has 0 saturated carbocycles. The normalized spacial score (nSPS) is 13.8. The molecule has 0 rings (SSSR count). The van der Waals surface area contributed by atoms with Crippen LogP contribution in [0, 0.1) is 5.92 Å². The van der Waals surface area contributed by atoms with Crippen molar-refractivity contribution in [1.29, 1.82) is 0 Å². The molecule has 3 N–H and O–H groups in total. The number of carbonyl (C=O) groups excluding carboxylic acids is 4. The van der Waals surface area contributed by atoms with Gasteiger partial charge in [0.25, 0.3) is 0 Å². The first-order chi connectivity index (χ1) is 50.0. The van der Waals surface area contributed by atoms with E-state index in [1.54, 1.807) is 0 Å². The largest absolute Gasteiger partial charge is 0.472 e. The second-order valence-electron chi connectivity index (χ2n) is 30.7. The summed E-state index contributed by atoms with van der Waals surface area (Å²) in [5.41, 5.74) is 0. The van der Waals surface area contributed by atoms with E-state index >= 15 is 0 Å². The van der Waals surface area contributed by atoms with E-state index in [4.69, 9.17) is 37.0 Å². The first kappa shape index (κ1) is 101. The van der Waals surface area contributed by atoms with Gasteiger partial charge in [0.1, 0.15) is 19.3 Å². The van der Waals surface area contributed by atoms with Crippen LogP contribution in [0.15, 0.2) is 0 Å². The zero-order chi connectivity index (χ0) is 75.5. The van der Waals surface area contributed by atoms with E-state index in [1.165, 1.54) is 276 Å². The van der Waals surface area contributed by atoms with Crippen molar-refractivity contribution in [3.63, 3.8) is 0 Å². The van der Waals surface area contributed by atoms with Gasteiger partial charge in [-0.1, -0.05) is 401 Å². The van der Waals surface area contributed by atoms with Crippen LogP contribution >= 0.6 is 15.6 Å². The third kappa shape index (κ3) is 78.0. The fraction of sp³-hybridized carbons (Fsp3) is 0.952. The Kier molecular flexibility index (Phi) is 75.4. The molecule has 0 heterocycles. The van der Waals surface area contributed by atoms with Crippen molar-refractivity contribution in [2.24, 2.45) is 5.92 Å². The van der Waals surface area contributed by atoms with Gasteiger partial charge in [0, 0.05) is 25.7 Å². The van der Waals surface area contributed by atoms with E-state index in [9.17, 15) is 43.2 Å². The summed E-state index contributed by atoms with van der Waals surface area (Å²) < 4.78 is 68.9. The number of esters is 4. The van der Waals surface area contributed by atoms with Crippen LogP contribution < -0.4 is 0 Å². The maximum absolute atomic E-state index is 13.1. The van der Waals surface area contributed by atoms with E-state index in [0.717, 1.165) is 95.8 Å². The first-order valence-corrected chi connectivity index (χ1v) is 46.6. The van der Waals surface area contributed by atoms with E-state index in [0.29, 0.717) is 25.7 Å². The Balaban J connectivity index is 5.26. The molecular formula is C84H164O17P2. The van der Waals surface area contributed by atoms with Crippen molar-refractivity contribution in [3.05, 3.63) is 0 Å². The van der Waals surface area contributed by atoms with Crippen molar-refractivity contribution in [2.45, 2.75) is 470 Å². The molecule has 0 aliphatic heterocycles. The zero-order valence-corrected chi connectivity index (χ0v) is 69.3. The summed E-state index contributed by atoms with van der Waals surface area (Å²) in [5, 5.41) is 10.7. The lowest BCUT2D eigenvalue weighted by molar-refractivity contribution is -0.161. The van der Waals surface area contributed by atoms with Gasteiger partial charge in [0.05, 0.1) is 26.4 Å². The predicted octanol–water partition coefficient (Wildman–Crippen LogP) is 25.6. The van der Waals surface area contributed by atoms with Crippen LogP contribution in [0.3, 0.4) is 0 Å². The molecule has 2 unspecified atom stereocenters. The molecule has 5 atom stereocenters. The number of hydrogen-bond donors (Lipinski definition) is 3. The number of ether oxygens (including phenoxy) is 4. The minimum atomic E-state index is -4.96. The molecule has 0 bridgehead atoms. The maximum Gasteiger partial charge on any atom is 0.472 e. The number of phosphoric acid groups is 2. The Morgan fingerprint density at radius 2 is 0.447 bits per heavy atom. The summed E-state index contributed by atoms with van der Waals surface area (Å²) in [7, 11) is -9.92. The van der Waals surface area contributed by atoms with Crippen molar-refractivity contribution in [1.82, 2.24) is 0 Å². The highest BCUT2D eigenvalue weighted by Gasteiger charge is 2.30. The number of rotatable bonds is 84. The number of aliphatic hydroxyl groups is 1. The van der Waals surface area contributed by atoms with Gasteiger partial charge < -0.3 is 33.8 Å². The van der Waals surface area contributed by atoms with E-state index in [2.05, 4.69) is 34.6 Å². The molecular weight excluding hydrogens is 1340 g/mol. The molecule has 0 aromatic rings. The SMILES string of the molecule is CCCCCCCCCCCCCCCCCCCC(=O)OC[C@H](COP(=O)(O)OC[C@@H](O)COP(=O)(O)OC[C@@H](COC(=O)CCCCCCCCCCCCCCC)OC(=O)CCCCCCCCCCCCCCCC)OC(=O)CCCCCCCCCCCCCCCCCCC(C)C. The van der Waals surface area contributed by atoms with Gasteiger partial charge >= 0.3 is 39.5 Å². The molecule has 0 saturated heterocycles. The number of aliphatic hydroxyl groups excluding tert-OH is 1. The smallest absolute Gasteiger partial charge is 0.462 e. The molecule has 0 amide bonds. The lowest BCUT2D eigenvalue weighted by Crippen LogP contribution is -2.30. The summed E-state index contributed by atoms with van der Waals surface area (Å²) in [5.74, 6) is -1.29. The van der Waals surface area contributed by atoms with Crippen LogP contribution in [0.1, 0.15) is 452 Å². The Hall–Kier alpha value is -1.94. The zero-order valence-electron chi connectivity index (χ0n) is 67.5. The van der Waals surface area contributed by atoms with Gasteiger partial charge in [-0.25, -0.2) is 9.13 Å². The van der Waals surface area contributed by atoms with Crippen molar-refractivity contribution in [3.8, 4) is 0 Å². The quantitative estimate of drug-likeness (QED) is 0.0222. The Morgan fingerprint density at radius 1 is 0.262 bits per heavy atom. The third-order valence-electron chi connectivity index (χ3n) is 19.8. The Morgan fingerprint density at radius 3 is 0.660 bits per heavy atom. The van der Waals surface area contributed by atoms with Crippen molar-refractivity contribution >= 4 is 39.5 Å². The minimum Gasteiger partial charge on any atom is -0.462 e. The highest BCUT2D eigenvalue weighted by atomic mass is 31.2. The summed E-state index contributed by atoms with van der Waals surface area (Å²) in [6.07, 6.45) is 69.2. The van der Waals surface area contributed by atoms with Gasteiger partial charge in [-0.15, -0.1) is 0 Å². The van der Waals surface area contributed by atoms with Crippen LogP contribution in [0.2, 0.25) is 0 Å². The number of carbonyl (C=O) groups is 4. The molecule has 612 valence electrons. The molecule has 0 aromatic heterocycles. The lowest BCUT2D eigenvalue weighted by atomic mass is 10.0. The summed E-state index contributed by atoms with van der Waals surface area (Å²) in [6, 6.07) is 0. The summed E-state index contributed by atoms with van der Waals surface area (Å²) >= 11 is 0. The molecule has 0 aliphatic rings. The molecule has 103 heavy (non-hydrogen) atoms. The van der Waals surface area contributed by atoms with Crippen LogP contribution in [0.5, 0.6) is 0 Å². The average Bonchev–Trinajstić information content (AvgIpc) is 0.995. The van der Waals surface area contributed by atoms with Crippen LogP contribution in [0.25, 0.3) is 0 Å². The minimum absolute atomic E-state index is 0.109. The molecule has 0 fully saturated rings. The summed E-state index contributed by atoms with van der Waals surface area (Å²) in [4.78, 5) is 73.2. The third-order valence-corrected chi connectivity index (χ3v) is 21.7. The van der Waals surface area contributed by atoms with Crippen molar-refractivity contribution in [2.75, 3.05) is 39.6 Å². The predicted molar refractivity (Wildman–Crippen MR) is 423 cm³/mol. The highest BCUT2D eigenvalue weighted by molar-refractivity contribution is 7.47. The van der Waals surface area contributed by atoms with Gasteiger partial charge in [0.2, 0.25) is 0 Å². The first-order valence-electron chi connectivity index (χ1n) is 43.6. The molecule has 0 aromatic carbocycles. The number of phosphoric ester groups is 2. The Labute approximate surface area is 632 Å². The van der Waals surface area contributed by atoms with Gasteiger partial charge in [-0.05, 0) is 31.6 Å². The van der Waals surface area contributed by atoms with E-state index in [1.807, 2.05) is 0 Å². The van der Waals surface area contributed by atoms with Gasteiger partial charge in [0.15, 0.2) is 12.2 Å². The highest BCUT2D eigenvalue weighted by Crippen LogP contribution is 2.45.